The highest BCUT2D eigenvalue weighted by Crippen LogP contribution is 2.37. The molecule has 0 aromatic rings. The molecule has 2 saturated carbocycles. The third-order valence-electron chi connectivity index (χ3n) is 4.73. The number of hydrogen-bond donors (Lipinski definition) is 1. The van der Waals surface area contributed by atoms with E-state index in [-0.39, 0.29) is 0 Å². The second-order valence-corrected chi connectivity index (χ2v) is 6.44. The highest BCUT2D eigenvalue weighted by Gasteiger charge is 2.28. The summed E-state index contributed by atoms with van der Waals surface area (Å²) < 4.78 is 0. The summed E-state index contributed by atoms with van der Waals surface area (Å²) in [5, 5.41) is 3.87. The van der Waals surface area contributed by atoms with Gasteiger partial charge in [0.05, 0.1) is 0 Å². The van der Waals surface area contributed by atoms with E-state index in [0.29, 0.717) is 5.41 Å². The fourth-order valence-corrected chi connectivity index (χ4v) is 3.46. The summed E-state index contributed by atoms with van der Waals surface area (Å²) in [6.07, 6.45) is 16.0. The Hall–Kier alpha value is -0.0400. The van der Waals surface area contributed by atoms with E-state index < -0.39 is 0 Å². The van der Waals surface area contributed by atoms with Gasteiger partial charge >= 0.3 is 0 Å². The Bertz CT molecular complexity index is 186. The summed E-state index contributed by atoms with van der Waals surface area (Å²) in [4.78, 5) is 0. The Kier molecular flexibility index (Phi) is 4.69. The van der Waals surface area contributed by atoms with Gasteiger partial charge in [-0.3, -0.25) is 0 Å². The van der Waals surface area contributed by atoms with Crippen LogP contribution in [-0.2, 0) is 0 Å². The lowest BCUT2D eigenvalue weighted by molar-refractivity contribution is 0.278. The Morgan fingerprint density at radius 2 is 1.44 bits per heavy atom. The zero-order valence-corrected chi connectivity index (χ0v) is 11.1. The predicted molar refractivity (Wildman–Crippen MR) is 70.7 cm³/mol. The summed E-state index contributed by atoms with van der Waals surface area (Å²) in [7, 11) is 0. The van der Waals surface area contributed by atoms with Crippen LogP contribution in [0.1, 0.15) is 77.6 Å². The van der Waals surface area contributed by atoms with Gasteiger partial charge in [0.2, 0.25) is 0 Å². The lowest BCUT2D eigenvalue weighted by atomic mass is 9.88. The third-order valence-corrected chi connectivity index (χ3v) is 4.73. The first-order valence-electron chi connectivity index (χ1n) is 7.52. The Morgan fingerprint density at radius 1 is 0.875 bits per heavy atom. The van der Waals surface area contributed by atoms with Gasteiger partial charge in [0.15, 0.2) is 0 Å². The van der Waals surface area contributed by atoms with Crippen molar-refractivity contribution >= 4 is 0 Å². The van der Waals surface area contributed by atoms with E-state index in [1.165, 1.54) is 77.2 Å². The molecule has 1 N–H and O–H groups in total. The summed E-state index contributed by atoms with van der Waals surface area (Å²) in [6, 6.07) is 0.831. The molecule has 0 radical (unpaired) electrons. The average Bonchev–Trinajstić information content (AvgIpc) is 2.64. The molecule has 2 aliphatic carbocycles. The molecule has 16 heavy (non-hydrogen) atoms. The molecule has 0 unspecified atom stereocenters. The van der Waals surface area contributed by atoms with E-state index in [0.717, 1.165) is 6.04 Å². The summed E-state index contributed by atoms with van der Waals surface area (Å²) in [6.45, 7) is 3.76. The smallest absolute Gasteiger partial charge is 0.00672 e. The molecule has 0 atom stereocenters. The molecule has 0 aromatic carbocycles. The van der Waals surface area contributed by atoms with Crippen molar-refractivity contribution in [3.05, 3.63) is 0 Å². The van der Waals surface area contributed by atoms with Crippen molar-refractivity contribution in [3.8, 4) is 0 Å². The molecule has 0 saturated heterocycles. The van der Waals surface area contributed by atoms with Crippen LogP contribution in [0.25, 0.3) is 0 Å². The summed E-state index contributed by atoms with van der Waals surface area (Å²) in [5.41, 5.74) is 0.627. The average molecular weight is 223 g/mol. The first kappa shape index (κ1) is 12.4. The van der Waals surface area contributed by atoms with E-state index >= 15 is 0 Å². The van der Waals surface area contributed by atoms with Gasteiger partial charge in [-0.2, -0.15) is 0 Å². The molecule has 2 fully saturated rings. The third kappa shape index (κ3) is 3.76. The molecule has 1 nitrogen and oxygen atoms in total. The molecule has 0 aliphatic heterocycles. The van der Waals surface area contributed by atoms with Gasteiger partial charge in [0, 0.05) is 12.6 Å². The molecule has 94 valence electrons. The molecular weight excluding hydrogens is 194 g/mol. The molecule has 0 bridgehead atoms. The minimum atomic E-state index is 0.627. The monoisotopic (exact) mass is 223 g/mol. The summed E-state index contributed by atoms with van der Waals surface area (Å²) >= 11 is 0. The van der Waals surface area contributed by atoms with E-state index in [1.807, 2.05) is 0 Å². The zero-order chi connectivity index (χ0) is 11.3. The lowest BCUT2D eigenvalue weighted by Gasteiger charge is -2.28. The molecule has 2 aliphatic rings. The maximum Gasteiger partial charge on any atom is 0.00672 e. The molecule has 2 rings (SSSR count). The van der Waals surface area contributed by atoms with Gasteiger partial charge in [0.1, 0.15) is 0 Å². The standard InChI is InChI=1S/C15H29N/c1-15(11-7-8-12-15)13-16-14-9-5-3-2-4-6-10-14/h14,16H,2-13H2,1H3. The van der Waals surface area contributed by atoms with Gasteiger partial charge in [-0.1, -0.05) is 51.9 Å². The van der Waals surface area contributed by atoms with Crippen LogP contribution in [0.3, 0.4) is 0 Å². The maximum absolute atomic E-state index is 3.87. The molecular formula is C15H29N. The number of hydrogen-bond acceptors (Lipinski definition) is 1. The van der Waals surface area contributed by atoms with Crippen LogP contribution in [0, 0.1) is 5.41 Å². The minimum Gasteiger partial charge on any atom is -0.313 e. The highest BCUT2D eigenvalue weighted by atomic mass is 14.9. The van der Waals surface area contributed by atoms with Crippen LogP contribution in [0.5, 0.6) is 0 Å². The van der Waals surface area contributed by atoms with Gasteiger partial charge in [-0.25, -0.2) is 0 Å². The second-order valence-electron chi connectivity index (χ2n) is 6.44. The molecule has 0 spiro atoms. The largest absolute Gasteiger partial charge is 0.313 e. The molecule has 0 heterocycles. The SMILES string of the molecule is CC1(CNC2CCCCCCC2)CCCC1. The zero-order valence-electron chi connectivity index (χ0n) is 11.1. The first-order chi connectivity index (χ1) is 7.79. The van der Waals surface area contributed by atoms with Crippen molar-refractivity contribution in [3.63, 3.8) is 0 Å². The van der Waals surface area contributed by atoms with Crippen molar-refractivity contribution < 1.29 is 0 Å². The van der Waals surface area contributed by atoms with E-state index in [9.17, 15) is 0 Å². The summed E-state index contributed by atoms with van der Waals surface area (Å²) in [5.74, 6) is 0. The van der Waals surface area contributed by atoms with Crippen molar-refractivity contribution in [2.75, 3.05) is 6.54 Å². The van der Waals surface area contributed by atoms with E-state index in [1.54, 1.807) is 0 Å². The van der Waals surface area contributed by atoms with Crippen molar-refractivity contribution in [2.24, 2.45) is 5.41 Å². The predicted octanol–water partition coefficient (Wildman–Crippen LogP) is 4.27. The van der Waals surface area contributed by atoms with Crippen LogP contribution in [-0.4, -0.2) is 12.6 Å². The lowest BCUT2D eigenvalue weighted by Crippen LogP contribution is -2.37. The van der Waals surface area contributed by atoms with Crippen molar-refractivity contribution in [1.29, 1.82) is 0 Å². The topological polar surface area (TPSA) is 12.0 Å². The second kappa shape index (κ2) is 6.05. The van der Waals surface area contributed by atoms with E-state index in [2.05, 4.69) is 12.2 Å². The molecule has 0 amide bonds. The van der Waals surface area contributed by atoms with Crippen LogP contribution in [0.2, 0.25) is 0 Å². The number of nitrogens with one attached hydrogen (secondary N) is 1. The van der Waals surface area contributed by atoms with Crippen LogP contribution < -0.4 is 5.32 Å². The minimum absolute atomic E-state index is 0.627. The Balaban J connectivity index is 1.70. The van der Waals surface area contributed by atoms with Gasteiger partial charge in [-0.05, 0) is 31.1 Å². The highest BCUT2D eigenvalue weighted by molar-refractivity contribution is 4.84. The van der Waals surface area contributed by atoms with E-state index in [4.69, 9.17) is 0 Å². The fourth-order valence-electron chi connectivity index (χ4n) is 3.46. The molecule has 0 aromatic heterocycles. The normalized spacial score (nSPS) is 27.6. The van der Waals surface area contributed by atoms with Crippen LogP contribution in [0.15, 0.2) is 0 Å². The van der Waals surface area contributed by atoms with Gasteiger partial charge < -0.3 is 5.32 Å². The Morgan fingerprint density at radius 3 is 2.06 bits per heavy atom. The van der Waals surface area contributed by atoms with Crippen molar-refractivity contribution in [1.82, 2.24) is 5.32 Å². The first-order valence-corrected chi connectivity index (χ1v) is 7.52. The van der Waals surface area contributed by atoms with Gasteiger partial charge in [-0.15, -0.1) is 0 Å². The van der Waals surface area contributed by atoms with Crippen LogP contribution in [0.4, 0.5) is 0 Å². The van der Waals surface area contributed by atoms with Crippen molar-refractivity contribution in [2.45, 2.75) is 83.6 Å². The quantitative estimate of drug-likeness (QED) is 0.753. The Labute approximate surface area is 101 Å². The van der Waals surface area contributed by atoms with Gasteiger partial charge in [0.25, 0.3) is 0 Å². The van der Waals surface area contributed by atoms with Crippen LogP contribution >= 0.6 is 0 Å². The number of rotatable bonds is 3. The molecule has 1 heteroatoms. The fraction of sp³-hybridized carbons (Fsp3) is 1.00. The maximum atomic E-state index is 3.87.